The molecule has 0 saturated carbocycles. The zero-order valence-corrected chi connectivity index (χ0v) is 11.4. The van der Waals surface area contributed by atoms with Crippen molar-refractivity contribution in [3.05, 3.63) is 42.2 Å². The van der Waals surface area contributed by atoms with E-state index in [1.165, 1.54) is 24.3 Å². The fourth-order valence-corrected chi connectivity index (χ4v) is 2.28. The van der Waals surface area contributed by atoms with Crippen molar-refractivity contribution in [3.8, 4) is 0 Å². The van der Waals surface area contributed by atoms with Crippen LogP contribution in [0.3, 0.4) is 0 Å². The molecular weight excluding hydrogens is 251 g/mol. The Labute approximate surface area is 113 Å². The van der Waals surface area contributed by atoms with Crippen molar-refractivity contribution in [2.45, 2.75) is 0 Å². The minimum absolute atomic E-state index is 0. The van der Waals surface area contributed by atoms with Gasteiger partial charge in [0, 0.05) is 6.16 Å². The second kappa shape index (κ2) is 6.62. The standard InChI is InChI=1S/C9H8F3O2P.Na/c10-8(9(11)12)6-15(13,14)7-4-2-1-3-5-7;/h1-5H,6H2,(H,13,14);/q;+1/p-1. The van der Waals surface area contributed by atoms with E-state index in [0.29, 0.717) is 0 Å². The van der Waals surface area contributed by atoms with Crippen LogP contribution in [0.2, 0.25) is 0 Å². The Balaban J connectivity index is 0.00000225. The molecule has 0 radical (unpaired) electrons. The predicted octanol–water partition coefficient (Wildman–Crippen LogP) is -0.968. The first-order chi connectivity index (χ1) is 6.93. The van der Waals surface area contributed by atoms with E-state index in [2.05, 4.69) is 0 Å². The van der Waals surface area contributed by atoms with Gasteiger partial charge in [0.2, 0.25) is 0 Å². The molecule has 1 aromatic rings. The summed E-state index contributed by atoms with van der Waals surface area (Å²) in [4.78, 5) is 11.4. The Kier molecular flexibility index (Phi) is 6.60. The van der Waals surface area contributed by atoms with E-state index in [1.54, 1.807) is 6.07 Å². The van der Waals surface area contributed by atoms with Crippen LogP contribution in [-0.2, 0) is 4.57 Å². The Bertz CT molecular complexity index is 418. The number of hydrogen-bond donors (Lipinski definition) is 0. The molecule has 1 aromatic carbocycles. The largest absolute Gasteiger partial charge is 1.00 e. The molecule has 0 N–H and O–H groups in total. The fraction of sp³-hybridized carbons (Fsp3) is 0.111. The SMILES string of the molecule is O=P([O-])(CC(F)=C(F)F)c1ccccc1.[Na+]. The van der Waals surface area contributed by atoms with E-state index < -0.39 is 25.4 Å². The van der Waals surface area contributed by atoms with Crippen LogP contribution in [0, 0.1) is 0 Å². The first-order valence-electron chi connectivity index (χ1n) is 3.99. The molecule has 0 aromatic heterocycles. The minimum atomic E-state index is -4.32. The minimum Gasteiger partial charge on any atom is -0.796 e. The number of benzene rings is 1. The van der Waals surface area contributed by atoms with Crippen LogP contribution in [0.1, 0.15) is 0 Å². The molecule has 1 rings (SSSR count). The monoisotopic (exact) mass is 258 g/mol. The molecule has 0 heterocycles. The predicted molar refractivity (Wildman–Crippen MR) is 48.9 cm³/mol. The van der Waals surface area contributed by atoms with E-state index in [-0.39, 0.29) is 34.9 Å². The van der Waals surface area contributed by atoms with Gasteiger partial charge in [-0.3, -0.25) is 0 Å². The summed E-state index contributed by atoms with van der Waals surface area (Å²) >= 11 is 0. The van der Waals surface area contributed by atoms with Crippen molar-refractivity contribution in [2.75, 3.05) is 6.16 Å². The maximum Gasteiger partial charge on any atom is 1.00 e. The molecule has 0 saturated heterocycles. The van der Waals surface area contributed by atoms with Crippen molar-refractivity contribution in [3.63, 3.8) is 0 Å². The van der Waals surface area contributed by atoms with Crippen LogP contribution >= 0.6 is 7.37 Å². The van der Waals surface area contributed by atoms with Crippen LogP contribution in [-0.4, -0.2) is 6.16 Å². The van der Waals surface area contributed by atoms with E-state index >= 15 is 0 Å². The van der Waals surface area contributed by atoms with E-state index in [1.807, 2.05) is 0 Å². The van der Waals surface area contributed by atoms with Gasteiger partial charge in [0.15, 0.2) is 5.83 Å². The van der Waals surface area contributed by atoms with Gasteiger partial charge in [-0.05, 0) is 5.30 Å². The number of allylic oxidation sites excluding steroid dienone is 1. The van der Waals surface area contributed by atoms with Gasteiger partial charge in [-0.15, -0.1) is 0 Å². The summed E-state index contributed by atoms with van der Waals surface area (Å²) in [5, 5.41) is -0.151. The summed E-state index contributed by atoms with van der Waals surface area (Å²) in [5.74, 6) is -1.91. The first kappa shape index (κ1) is 15.9. The summed E-state index contributed by atoms with van der Waals surface area (Å²) in [6, 6.07) is 6.92. The van der Waals surface area contributed by atoms with Crippen molar-refractivity contribution >= 4 is 12.7 Å². The molecule has 0 aliphatic carbocycles. The third-order valence-corrected chi connectivity index (χ3v) is 3.48. The first-order valence-corrected chi connectivity index (χ1v) is 5.80. The quantitative estimate of drug-likeness (QED) is 0.517. The van der Waals surface area contributed by atoms with E-state index in [0.717, 1.165) is 0 Å². The molecule has 1 unspecified atom stereocenters. The van der Waals surface area contributed by atoms with Crippen molar-refractivity contribution in [2.24, 2.45) is 0 Å². The van der Waals surface area contributed by atoms with Crippen LogP contribution in [0.5, 0.6) is 0 Å². The van der Waals surface area contributed by atoms with Crippen LogP contribution in [0.15, 0.2) is 42.2 Å². The van der Waals surface area contributed by atoms with Crippen LogP contribution in [0.4, 0.5) is 13.2 Å². The molecule has 2 nitrogen and oxygen atoms in total. The summed E-state index contributed by atoms with van der Waals surface area (Å²) < 4.78 is 47.3. The molecule has 82 valence electrons. The van der Waals surface area contributed by atoms with Crippen molar-refractivity contribution < 1.29 is 52.2 Å². The molecule has 0 fully saturated rings. The van der Waals surface area contributed by atoms with Gasteiger partial charge in [-0.2, -0.15) is 8.78 Å². The Morgan fingerprint density at radius 2 is 1.69 bits per heavy atom. The zero-order valence-electron chi connectivity index (χ0n) is 8.49. The molecular formula is C9H7F3NaO2P. The molecule has 0 amide bonds. The van der Waals surface area contributed by atoms with Gasteiger partial charge in [-0.25, -0.2) is 4.39 Å². The maximum atomic E-state index is 12.5. The number of halogens is 3. The fourth-order valence-electron chi connectivity index (χ4n) is 0.989. The molecule has 0 aliphatic rings. The zero-order chi connectivity index (χ0) is 11.5. The number of rotatable bonds is 3. The second-order valence-electron chi connectivity index (χ2n) is 2.83. The maximum absolute atomic E-state index is 12.5. The van der Waals surface area contributed by atoms with Crippen LogP contribution in [0.25, 0.3) is 0 Å². The summed E-state index contributed by atoms with van der Waals surface area (Å²) in [6.07, 6.45) is -3.87. The summed E-state index contributed by atoms with van der Waals surface area (Å²) in [5.41, 5.74) is 0. The third-order valence-electron chi connectivity index (χ3n) is 1.70. The normalized spacial score (nSPS) is 13.5. The molecule has 7 heteroatoms. The van der Waals surface area contributed by atoms with Gasteiger partial charge >= 0.3 is 35.6 Å². The Morgan fingerprint density at radius 1 is 1.19 bits per heavy atom. The van der Waals surface area contributed by atoms with E-state index in [4.69, 9.17) is 0 Å². The average Bonchev–Trinajstić information content (AvgIpc) is 2.18. The second-order valence-corrected chi connectivity index (χ2v) is 5.01. The molecule has 1 atom stereocenters. The van der Waals surface area contributed by atoms with Crippen molar-refractivity contribution in [1.29, 1.82) is 0 Å². The molecule has 0 aliphatic heterocycles. The van der Waals surface area contributed by atoms with Gasteiger partial charge in [0.05, 0.1) is 7.37 Å². The Morgan fingerprint density at radius 3 is 2.12 bits per heavy atom. The smallest absolute Gasteiger partial charge is 0.796 e. The molecule has 0 bridgehead atoms. The van der Waals surface area contributed by atoms with E-state index in [9.17, 15) is 22.6 Å². The van der Waals surface area contributed by atoms with Crippen LogP contribution < -0.4 is 39.8 Å². The average molecular weight is 258 g/mol. The summed E-state index contributed by atoms with van der Waals surface area (Å²) in [6.45, 7) is 0. The van der Waals surface area contributed by atoms with Gasteiger partial charge in [0.1, 0.15) is 0 Å². The van der Waals surface area contributed by atoms with Gasteiger partial charge < -0.3 is 9.46 Å². The summed E-state index contributed by atoms with van der Waals surface area (Å²) in [7, 11) is -4.32. The molecule has 0 spiro atoms. The third kappa shape index (κ3) is 4.44. The van der Waals surface area contributed by atoms with Crippen molar-refractivity contribution in [1.82, 2.24) is 0 Å². The molecule has 16 heavy (non-hydrogen) atoms. The topological polar surface area (TPSA) is 40.1 Å². The van der Waals surface area contributed by atoms with Gasteiger partial charge in [-0.1, -0.05) is 30.3 Å². The number of hydrogen-bond acceptors (Lipinski definition) is 2. The Hall–Kier alpha value is -0.0600. The van der Waals surface area contributed by atoms with Gasteiger partial charge in [0.25, 0.3) is 0 Å².